The molecule has 0 N–H and O–H groups in total. The molecule has 0 saturated heterocycles. The van der Waals surface area contributed by atoms with Gasteiger partial charge >= 0.3 is 5.69 Å². The van der Waals surface area contributed by atoms with E-state index < -0.39 is 4.92 Å². The lowest BCUT2D eigenvalue weighted by Crippen LogP contribution is -2.35. The summed E-state index contributed by atoms with van der Waals surface area (Å²) >= 11 is 0. The van der Waals surface area contributed by atoms with Gasteiger partial charge in [0.1, 0.15) is 0 Å². The first-order valence-corrected chi connectivity index (χ1v) is 4.70. The minimum Gasteiger partial charge on any atom is -0.355 e. The Bertz CT molecular complexity index is 466. The SMILES string of the molecule is CN1CCCn2c1c([N+](=O)[O-])ccc2=O. The van der Waals surface area contributed by atoms with Gasteiger partial charge in [-0.15, -0.1) is 0 Å². The van der Waals surface area contributed by atoms with Gasteiger partial charge in [-0.3, -0.25) is 19.5 Å². The molecule has 0 unspecified atom stereocenters. The molecule has 1 aromatic rings. The number of pyridine rings is 1. The van der Waals surface area contributed by atoms with Crippen LogP contribution in [0.1, 0.15) is 6.42 Å². The van der Waals surface area contributed by atoms with Crippen molar-refractivity contribution in [3.8, 4) is 0 Å². The molecule has 0 radical (unpaired) electrons. The van der Waals surface area contributed by atoms with Crippen molar-refractivity contribution in [1.29, 1.82) is 0 Å². The molecule has 0 bridgehead atoms. The highest BCUT2D eigenvalue weighted by molar-refractivity contribution is 5.58. The maximum Gasteiger partial charge on any atom is 0.310 e. The molecular formula is C9H11N3O3. The Kier molecular flexibility index (Phi) is 2.18. The van der Waals surface area contributed by atoms with Gasteiger partial charge in [-0.1, -0.05) is 0 Å². The summed E-state index contributed by atoms with van der Waals surface area (Å²) in [7, 11) is 1.76. The Balaban J connectivity index is 2.70. The van der Waals surface area contributed by atoms with E-state index in [0.717, 1.165) is 13.0 Å². The zero-order valence-electron chi connectivity index (χ0n) is 8.34. The third kappa shape index (κ3) is 1.47. The zero-order chi connectivity index (χ0) is 11.0. The molecule has 1 aromatic heterocycles. The molecule has 1 aliphatic rings. The molecule has 6 nitrogen and oxygen atoms in total. The maximum atomic E-state index is 11.5. The van der Waals surface area contributed by atoms with E-state index in [2.05, 4.69) is 0 Å². The van der Waals surface area contributed by atoms with Crippen LogP contribution in [0.3, 0.4) is 0 Å². The molecule has 0 spiro atoms. The van der Waals surface area contributed by atoms with Gasteiger partial charge < -0.3 is 4.90 Å². The molecule has 1 aliphatic heterocycles. The number of nitro groups is 1. The van der Waals surface area contributed by atoms with Crippen molar-refractivity contribution in [2.24, 2.45) is 0 Å². The number of fused-ring (bicyclic) bond motifs is 1. The molecule has 0 atom stereocenters. The summed E-state index contributed by atoms with van der Waals surface area (Å²) < 4.78 is 1.46. The molecule has 0 aliphatic carbocycles. The van der Waals surface area contributed by atoms with Gasteiger partial charge in [-0.2, -0.15) is 0 Å². The normalized spacial score (nSPS) is 14.9. The van der Waals surface area contributed by atoms with E-state index in [1.54, 1.807) is 11.9 Å². The average molecular weight is 209 g/mol. The first-order valence-electron chi connectivity index (χ1n) is 4.70. The third-order valence-corrected chi connectivity index (χ3v) is 2.57. The lowest BCUT2D eigenvalue weighted by atomic mass is 10.2. The molecule has 0 fully saturated rings. The van der Waals surface area contributed by atoms with E-state index in [9.17, 15) is 14.9 Å². The van der Waals surface area contributed by atoms with Crippen molar-refractivity contribution in [2.45, 2.75) is 13.0 Å². The van der Waals surface area contributed by atoms with Crippen molar-refractivity contribution < 1.29 is 4.92 Å². The predicted molar refractivity (Wildman–Crippen MR) is 55.2 cm³/mol. The fourth-order valence-corrected chi connectivity index (χ4v) is 1.89. The predicted octanol–water partition coefficient (Wildman–Crippen LogP) is 0.596. The molecule has 0 amide bonds. The summed E-state index contributed by atoms with van der Waals surface area (Å²) in [4.78, 5) is 23.6. The topological polar surface area (TPSA) is 68.4 Å². The van der Waals surface area contributed by atoms with Crippen molar-refractivity contribution in [1.82, 2.24) is 4.57 Å². The second-order valence-corrected chi connectivity index (χ2v) is 3.56. The van der Waals surface area contributed by atoms with Crippen LogP contribution in [0.2, 0.25) is 0 Å². The van der Waals surface area contributed by atoms with Crippen LogP contribution in [0.4, 0.5) is 11.5 Å². The Morgan fingerprint density at radius 3 is 2.80 bits per heavy atom. The average Bonchev–Trinajstić information content (AvgIpc) is 2.19. The number of anilines is 1. The molecule has 80 valence electrons. The number of nitrogens with zero attached hydrogens (tertiary/aromatic N) is 3. The van der Waals surface area contributed by atoms with Crippen molar-refractivity contribution >= 4 is 11.5 Å². The monoisotopic (exact) mass is 209 g/mol. The summed E-state index contributed by atoms with van der Waals surface area (Å²) in [6.07, 6.45) is 0.838. The minimum absolute atomic E-state index is 0.00296. The first-order chi connectivity index (χ1) is 7.11. The fraction of sp³-hybridized carbons (Fsp3) is 0.444. The van der Waals surface area contributed by atoms with Crippen molar-refractivity contribution in [3.63, 3.8) is 0 Å². The van der Waals surface area contributed by atoms with Crippen LogP contribution in [-0.2, 0) is 6.54 Å². The first kappa shape index (κ1) is 9.70. The number of hydrogen-bond acceptors (Lipinski definition) is 4. The summed E-state index contributed by atoms with van der Waals surface area (Å²) in [6.45, 7) is 1.30. The van der Waals surface area contributed by atoms with Gasteiger partial charge in [0.05, 0.1) is 4.92 Å². The second kappa shape index (κ2) is 3.38. The Labute approximate surface area is 85.9 Å². The van der Waals surface area contributed by atoms with Crippen LogP contribution < -0.4 is 10.5 Å². The summed E-state index contributed by atoms with van der Waals surface area (Å²) in [5.74, 6) is 0.416. The number of aromatic nitrogens is 1. The molecule has 6 heteroatoms. The molecule has 0 saturated carbocycles. The highest BCUT2D eigenvalue weighted by atomic mass is 16.6. The van der Waals surface area contributed by atoms with Gasteiger partial charge in [-0.05, 0) is 6.42 Å². The molecular weight excluding hydrogens is 198 g/mol. The second-order valence-electron chi connectivity index (χ2n) is 3.56. The highest BCUT2D eigenvalue weighted by Crippen LogP contribution is 2.27. The Morgan fingerprint density at radius 2 is 2.13 bits per heavy atom. The Hall–Kier alpha value is -1.85. The van der Waals surface area contributed by atoms with Crippen LogP contribution in [0.25, 0.3) is 0 Å². The molecule has 0 aromatic carbocycles. The number of hydrogen-bond donors (Lipinski definition) is 0. The largest absolute Gasteiger partial charge is 0.355 e. The van der Waals surface area contributed by atoms with Crippen LogP contribution >= 0.6 is 0 Å². The molecule has 2 heterocycles. The van der Waals surface area contributed by atoms with E-state index in [-0.39, 0.29) is 11.2 Å². The lowest BCUT2D eigenvalue weighted by Gasteiger charge is -2.27. The van der Waals surface area contributed by atoms with E-state index in [1.807, 2.05) is 0 Å². The highest BCUT2D eigenvalue weighted by Gasteiger charge is 2.24. The van der Waals surface area contributed by atoms with Crippen molar-refractivity contribution in [3.05, 3.63) is 32.6 Å². The Morgan fingerprint density at radius 1 is 1.40 bits per heavy atom. The van der Waals surface area contributed by atoms with Gasteiger partial charge in [0, 0.05) is 32.3 Å². The van der Waals surface area contributed by atoms with Crippen LogP contribution in [-0.4, -0.2) is 23.1 Å². The van der Waals surface area contributed by atoms with E-state index in [4.69, 9.17) is 0 Å². The number of rotatable bonds is 1. The lowest BCUT2D eigenvalue weighted by molar-refractivity contribution is -0.384. The van der Waals surface area contributed by atoms with E-state index in [0.29, 0.717) is 12.4 Å². The van der Waals surface area contributed by atoms with Crippen LogP contribution in [0.5, 0.6) is 0 Å². The van der Waals surface area contributed by atoms with Crippen LogP contribution in [0.15, 0.2) is 16.9 Å². The summed E-state index contributed by atoms with van der Waals surface area (Å²) in [5, 5.41) is 10.8. The molecule has 15 heavy (non-hydrogen) atoms. The molecule has 2 rings (SSSR count). The standard InChI is InChI=1S/C9H11N3O3/c1-10-5-2-6-11-8(13)4-3-7(9(10)11)12(14)15/h3-4H,2,5-6H2,1H3. The van der Waals surface area contributed by atoms with Crippen molar-refractivity contribution in [2.75, 3.05) is 18.5 Å². The van der Waals surface area contributed by atoms with Gasteiger partial charge in [0.2, 0.25) is 0 Å². The van der Waals surface area contributed by atoms with E-state index in [1.165, 1.54) is 16.7 Å². The zero-order valence-corrected chi connectivity index (χ0v) is 8.34. The summed E-state index contributed by atoms with van der Waals surface area (Å²) in [6, 6.07) is 2.52. The smallest absolute Gasteiger partial charge is 0.310 e. The quantitative estimate of drug-likeness (QED) is 0.501. The minimum atomic E-state index is -0.451. The third-order valence-electron chi connectivity index (χ3n) is 2.57. The van der Waals surface area contributed by atoms with Gasteiger partial charge in [0.15, 0.2) is 5.82 Å². The van der Waals surface area contributed by atoms with Gasteiger partial charge in [0.25, 0.3) is 5.56 Å². The van der Waals surface area contributed by atoms with E-state index >= 15 is 0 Å². The maximum absolute atomic E-state index is 11.5. The van der Waals surface area contributed by atoms with Crippen LogP contribution in [0, 0.1) is 10.1 Å². The fourth-order valence-electron chi connectivity index (χ4n) is 1.89. The summed E-state index contributed by atoms with van der Waals surface area (Å²) in [5.41, 5.74) is -0.182. The van der Waals surface area contributed by atoms with Gasteiger partial charge in [-0.25, -0.2) is 0 Å².